The van der Waals surface area contributed by atoms with E-state index in [9.17, 15) is 0 Å². The summed E-state index contributed by atoms with van der Waals surface area (Å²) in [6.45, 7) is 9.46. The van der Waals surface area contributed by atoms with Crippen molar-refractivity contribution in [3.05, 3.63) is 471 Å². The molecule has 120 heavy (non-hydrogen) atoms. The molecule has 0 bridgehead atoms. The van der Waals surface area contributed by atoms with Crippen LogP contribution >= 0.6 is 0 Å². The average Bonchev–Trinajstić information content (AvgIpc) is 1.55. The zero-order valence-electron chi connectivity index (χ0n) is 67.6. The summed E-state index contributed by atoms with van der Waals surface area (Å²) in [5, 5.41) is 2.43. The highest BCUT2D eigenvalue weighted by molar-refractivity contribution is 6.03. The number of fused-ring (bicyclic) bond motifs is 7. The molecule has 2 aliphatic rings. The Kier molecular flexibility index (Phi) is 18.3. The van der Waals surface area contributed by atoms with E-state index in [-0.39, 0.29) is 10.8 Å². The lowest BCUT2D eigenvalue weighted by Gasteiger charge is -2.31. The standard InChI is InChI=1S/C118H86N2/c1-117(2)110-51-26-22-47-102(110)104-70-62-90(77-112(104)117)80-57-65-92(66-58-80)119(94-40-30-39-86(74-94)87-56-55-79-31-14-15-38-85(79)73-87)114-53-28-24-49-106(114)100-45-20-21-46-101(100)109-76-88(61-69-96(109)83-34-10-6-11-35-83)89-64-72-116(108(75-89)84-36-12-7-13-37-84)120(93-67-59-81(60-68-93)91-63-71-105-103-48-23-27-52-111(103)118(3,4)113(105)78-91)115-54-29-25-50-107(115)99-44-19-18-43-98(99)97-42-17-16-41-95(97)82-32-8-5-9-33-82/h5-78H,1-4H3. The first-order chi connectivity index (χ1) is 59.0. The molecule has 0 fully saturated rings. The number of para-hydroxylation sites is 2. The molecule has 21 rings (SSSR count). The third-order valence-electron chi connectivity index (χ3n) is 25.3. The summed E-state index contributed by atoms with van der Waals surface area (Å²) in [4.78, 5) is 4.98. The second-order valence-electron chi connectivity index (χ2n) is 33.0. The minimum absolute atomic E-state index is 0.119. The predicted octanol–water partition coefficient (Wildman–Crippen LogP) is 32.7. The zero-order valence-corrected chi connectivity index (χ0v) is 67.6. The molecule has 2 aliphatic carbocycles. The molecule has 0 radical (unpaired) electrons. The maximum Gasteiger partial charge on any atom is 0.0540 e. The smallest absolute Gasteiger partial charge is 0.0540 e. The van der Waals surface area contributed by atoms with E-state index in [1.165, 1.54) is 94.2 Å². The summed E-state index contributed by atoms with van der Waals surface area (Å²) < 4.78 is 0. The highest BCUT2D eigenvalue weighted by Crippen LogP contribution is 2.55. The first-order valence-electron chi connectivity index (χ1n) is 41.8. The van der Waals surface area contributed by atoms with Gasteiger partial charge in [0.1, 0.15) is 0 Å². The topological polar surface area (TPSA) is 6.48 Å². The normalized spacial score (nSPS) is 12.6. The molecule has 0 saturated carbocycles. The summed E-state index contributed by atoms with van der Waals surface area (Å²) in [6.07, 6.45) is 0. The number of anilines is 6. The molecule has 2 heteroatoms. The van der Waals surface area contributed by atoms with Crippen LogP contribution in [0.3, 0.4) is 0 Å². The van der Waals surface area contributed by atoms with Crippen molar-refractivity contribution in [3.8, 4) is 145 Å². The fourth-order valence-corrected chi connectivity index (χ4v) is 19.3. The molecule has 0 unspecified atom stereocenters. The van der Waals surface area contributed by atoms with Crippen LogP contribution in [0.4, 0.5) is 34.1 Å². The third kappa shape index (κ3) is 12.9. The van der Waals surface area contributed by atoms with Gasteiger partial charge in [-0.25, -0.2) is 0 Å². The molecule has 0 heterocycles. The van der Waals surface area contributed by atoms with Crippen LogP contribution in [0.1, 0.15) is 49.9 Å². The summed E-state index contributed by atoms with van der Waals surface area (Å²) in [6, 6.07) is 167. The Balaban J connectivity index is 0.713. The van der Waals surface area contributed by atoms with Crippen LogP contribution in [-0.2, 0) is 10.8 Å². The SMILES string of the molecule is CC1(C)c2ccccc2-c2ccc(-c3ccc(N(c4cccc(-c5ccc6ccccc6c5)c4)c4ccccc4-c4ccccc4-c4cc(-c5ccc(N(c6ccc(-c7ccc8c(c7)C(C)(C)c7ccccc7-8)cc6)c6ccccc6-c6ccccc6-c6ccccc6-c6ccccc6)c(-c6ccccc6)c5)ccc4-c4ccccc4)cc3)cc21. The fourth-order valence-electron chi connectivity index (χ4n) is 19.3. The molecule has 0 amide bonds. The van der Waals surface area contributed by atoms with Gasteiger partial charge in [-0.3, -0.25) is 0 Å². The van der Waals surface area contributed by atoms with Gasteiger partial charge in [-0.1, -0.05) is 392 Å². The molecule has 0 aliphatic heterocycles. The molecule has 0 atom stereocenters. The number of nitrogens with zero attached hydrogens (tertiary/aromatic N) is 2. The Morgan fingerprint density at radius 2 is 0.450 bits per heavy atom. The molecule has 568 valence electrons. The molecular weight excluding hydrogens is 1450 g/mol. The van der Waals surface area contributed by atoms with E-state index in [1.54, 1.807) is 0 Å². The van der Waals surface area contributed by atoms with Crippen molar-refractivity contribution in [1.29, 1.82) is 0 Å². The van der Waals surface area contributed by atoms with Gasteiger partial charge < -0.3 is 9.80 Å². The van der Waals surface area contributed by atoms with Gasteiger partial charge in [0.15, 0.2) is 0 Å². The van der Waals surface area contributed by atoms with Crippen molar-refractivity contribution in [3.63, 3.8) is 0 Å². The maximum atomic E-state index is 2.51. The van der Waals surface area contributed by atoms with Gasteiger partial charge in [0.05, 0.1) is 17.1 Å². The van der Waals surface area contributed by atoms with Gasteiger partial charge >= 0.3 is 0 Å². The van der Waals surface area contributed by atoms with Crippen LogP contribution in [0, 0.1) is 0 Å². The quantitative estimate of drug-likeness (QED) is 0.0896. The van der Waals surface area contributed by atoms with Crippen molar-refractivity contribution in [1.82, 2.24) is 0 Å². The second-order valence-corrected chi connectivity index (χ2v) is 33.0. The third-order valence-corrected chi connectivity index (χ3v) is 25.3. The Hall–Kier alpha value is -15.0. The lowest BCUT2D eigenvalue weighted by molar-refractivity contribution is 0.660. The minimum Gasteiger partial charge on any atom is -0.310 e. The first kappa shape index (κ1) is 72.7. The van der Waals surface area contributed by atoms with Gasteiger partial charge in [-0.05, 0) is 246 Å². The number of hydrogen-bond donors (Lipinski definition) is 0. The van der Waals surface area contributed by atoms with Crippen LogP contribution in [0.25, 0.3) is 155 Å². The van der Waals surface area contributed by atoms with Crippen LogP contribution in [-0.4, -0.2) is 0 Å². The predicted molar refractivity (Wildman–Crippen MR) is 508 cm³/mol. The Morgan fingerprint density at radius 1 is 0.142 bits per heavy atom. The molecule has 0 saturated heterocycles. The fraction of sp³-hybridized carbons (Fsp3) is 0.0508. The number of hydrogen-bond acceptors (Lipinski definition) is 2. The molecular formula is C118H86N2. The van der Waals surface area contributed by atoms with Crippen molar-refractivity contribution in [2.75, 3.05) is 9.80 Å². The highest BCUT2D eigenvalue weighted by Gasteiger charge is 2.37. The van der Waals surface area contributed by atoms with Crippen molar-refractivity contribution < 1.29 is 0 Å². The average molecular weight is 1530 g/mol. The van der Waals surface area contributed by atoms with E-state index in [2.05, 4.69) is 486 Å². The lowest BCUT2D eigenvalue weighted by Crippen LogP contribution is -2.14. The molecule has 19 aromatic rings. The molecule has 0 aromatic heterocycles. The van der Waals surface area contributed by atoms with Crippen molar-refractivity contribution in [2.45, 2.75) is 38.5 Å². The summed E-state index contributed by atoms with van der Waals surface area (Å²) in [5.74, 6) is 0. The van der Waals surface area contributed by atoms with Crippen LogP contribution in [0.5, 0.6) is 0 Å². The van der Waals surface area contributed by atoms with Crippen LogP contribution in [0.15, 0.2) is 449 Å². The van der Waals surface area contributed by atoms with Gasteiger partial charge in [-0.2, -0.15) is 0 Å². The Morgan fingerprint density at radius 3 is 0.975 bits per heavy atom. The highest BCUT2D eigenvalue weighted by atomic mass is 15.2. The van der Waals surface area contributed by atoms with Gasteiger partial charge in [0.2, 0.25) is 0 Å². The van der Waals surface area contributed by atoms with Crippen molar-refractivity contribution >= 4 is 44.9 Å². The summed E-state index contributed by atoms with van der Waals surface area (Å²) in [5.41, 5.74) is 42.0. The number of benzene rings is 19. The second kappa shape index (κ2) is 30.3. The maximum absolute atomic E-state index is 2.51. The van der Waals surface area contributed by atoms with E-state index in [1.807, 2.05) is 0 Å². The largest absolute Gasteiger partial charge is 0.310 e. The molecule has 2 nitrogen and oxygen atoms in total. The van der Waals surface area contributed by atoms with Crippen LogP contribution in [0.2, 0.25) is 0 Å². The Bertz CT molecular complexity index is 7130. The monoisotopic (exact) mass is 1530 g/mol. The van der Waals surface area contributed by atoms with E-state index in [0.717, 1.165) is 118 Å². The molecule has 0 spiro atoms. The van der Waals surface area contributed by atoms with E-state index < -0.39 is 0 Å². The number of rotatable bonds is 17. The van der Waals surface area contributed by atoms with Gasteiger partial charge in [0, 0.05) is 44.6 Å². The van der Waals surface area contributed by atoms with E-state index in [4.69, 9.17) is 0 Å². The van der Waals surface area contributed by atoms with Crippen molar-refractivity contribution in [2.24, 2.45) is 0 Å². The lowest BCUT2D eigenvalue weighted by atomic mass is 9.81. The van der Waals surface area contributed by atoms with Gasteiger partial charge in [0.25, 0.3) is 0 Å². The van der Waals surface area contributed by atoms with Gasteiger partial charge in [-0.15, -0.1) is 0 Å². The van der Waals surface area contributed by atoms with Crippen LogP contribution < -0.4 is 9.80 Å². The van der Waals surface area contributed by atoms with E-state index >= 15 is 0 Å². The summed E-state index contributed by atoms with van der Waals surface area (Å²) in [7, 11) is 0. The molecule has 19 aromatic carbocycles. The molecule has 0 N–H and O–H groups in total. The Labute approximate surface area is 704 Å². The first-order valence-corrected chi connectivity index (χ1v) is 41.8. The summed E-state index contributed by atoms with van der Waals surface area (Å²) >= 11 is 0. The minimum atomic E-state index is -0.132. The van der Waals surface area contributed by atoms with E-state index in [0.29, 0.717) is 0 Å². The zero-order chi connectivity index (χ0) is 80.4.